The van der Waals surface area contributed by atoms with E-state index in [-0.39, 0.29) is 18.4 Å². The summed E-state index contributed by atoms with van der Waals surface area (Å²) in [5.74, 6) is 0.655. The van der Waals surface area contributed by atoms with Crippen molar-refractivity contribution in [3.8, 4) is 0 Å². The van der Waals surface area contributed by atoms with Crippen LogP contribution in [0.5, 0.6) is 0 Å². The van der Waals surface area contributed by atoms with Crippen LogP contribution >= 0.6 is 0 Å². The molecule has 2 N–H and O–H groups in total. The monoisotopic (exact) mass is 280 g/mol. The van der Waals surface area contributed by atoms with Gasteiger partial charge in [-0.15, -0.1) is 0 Å². The van der Waals surface area contributed by atoms with Gasteiger partial charge in [0.15, 0.2) is 0 Å². The van der Waals surface area contributed by atoms with E-state index in [0.29, 0.717) is 6.54 Å². The first-order valence-electron chi connectivity index (χ1n) is 6.73. The van der Waals surface area contributed by atoms with E-state index < -0.39 is 12.0 Å². The molecule has 2 rings (SSSR count). The van der Waals surface area contributed by atoms with Crippen LogP contribution in [-0.4, -0.2) is 41.5 Å². The largest absolute Gasteiger partial charge is 0.480 e. The number of carbonyl (C=O) groups is 2. The Bertz CT molecular complexity index is 493. The topological polar surface area (TPSA) is 82.8 Å². The van der Waals surface area contributed by atoms with Crippen molar-refractivity contribution < 1.29 is 19.1 Å². The lowest BCUT2D eigenvalue weighted by Crippen LogP contribution is -2.44. The second-order valence-electron chi connectivity index (χ2n) is 5.30. The summed E-state index contributed by atoms with van der Waals surface area (Å²) in [6.07, 6.45) is 1.83. The molecule has 1 heterocycles. The Hall–Kier alpha value is -1.82. The average Bonchev–Trinajstić information content (AvgIpc) is 3.13. The van der Waals surface area contributed by atoms with Crippen LogP contribution in [0.4, 0.5) is 0 Å². The Kier molecular flexibility index (Phi) is 4.44. The zero-order chi connectivity index (χ0) is 14.7. The number of aryl methyl sites for hydroxylation is 1. The predicted molar refractivity (Wildman–Crippen MR) is 72.1 cm³/mol. The summed E-state index contributed by atoms with van der Waals surface area (Å²) >= 11 is 0. The van der Waals surface area contributed by atoms with Gasteiger partial charge in [0.05, 0.1) is 13.1 Å². The normalized spacial score (nSPS) is 15.9. The number of hydrogen-bond acceptors (Lipinski definition) is 4. The van der Waals surface area contributed by atoms with Gasteiger partial charge < -0.3 is 14.4 Å². The molecular weight excluding hydrogens is 260 g/mol. The van der Waals surface area contributed by atoms with E-state index in [4.69, 9.17) is 9.52 Å². The highest BCUT2D eigenvalue weighted by molar-refractivity contribution is 5.80. The van der Waals surface area contributed by atoms with Gasteiger partial charge in [-0.05, 0) is 37.8 Å². The Morgan fingerprint density at radius 2 is 2.20 bits per heavy atom. The van der Waals surface area contributed by atoms with E-state index >= 15 is 0 Å². The van der Waals surface area contributed by atoms with Crippen molar-refractivity contribution in [2.45, 2.75) is 32.4 Å². The summed E-state index contributed by atoms with van der Waals surface area (Å²) in [6.45, 7) is 2.26. The van der Waals surface area contributed by atoms with E-state index in [2.05, 4.69) is 5.32 Å². The molecule has 1 unspecified atom stereocenters. The van der Waals surface area contributed by atoms with Crippen LogP contribution < -0.4 is 5.32 Å². The number of rotatable bonds is 7. The molecule has 0 aliphatic heterocycles. The molecule has 6 heteroatoms. The van der Waals surface area contributed by atoms with Crippen LogP contribution in [0.3, 0.4) is 0 Å². The molecule has 1 aliphatic rings. The van der Waals surface area contributed by atoms with Crippen molar-refractivity contribution in [2.24, 2.45) is 5.92 Å². The number of carboxylic acids is 1. The number of amides is 1. The third kappa shape index (κ3) is 3.84. The summed E-state index contributed by atoms with van der Waals surface area (Å²) in [7, 11) is 1.68. The molecule has 0 bridgehead atoms. The number of hydrogen-bond donors (Lipinski definition) is 2. The van der Waals surface area contributed by atoms with Gasteiger partial charge in [0.2, 0.25) is 5.91 Å². The minimum absolute atomic E-state index is 0.0314. The molecule has 1 fully saturated rings. The first kappa shape index (κ1) is 14.6. The standard InChI is InChI=1S/C14H20N2O4/c1-9-3-6-11(20-9)8-16(2)12(17)7-15-13(14(18)19)10-4-5-10/h3,6,10,13,15H,4-5,7-8H2,1-2H3,(H,18,19). The Morgan fingerprint density at radius 3 is 2.70 bits per heavy atom. The zero-order valence-electron chi connectivity index (χ0n) is 11.8. The fourth-order valence-corrected chi connectivity index (χ4v) is 2.11. The van der Waals surface area contributed by atoms with Gasteiger partial charge in [0.25, 0.3) is 0 Å². The second kappa shape index (κ2) is 6.09. The molecule has 1 atom stereocenters. The quantitative estimate of drug-likeness (QED) is 0.778. The summed E-state index contributed by atoms with van der Waals surface area (Å²) in [4.78, 5) is 24.5. The predicted octanol–water partition coefficient (Wildman–Crippen LogP) is 0.999. The molecule has 1 aromatic heterocycles. The SMILES string of the molecule is Cc1ccc(CN(C)C(=O)CNC(C(=O)O)C2CC2)o1. The molecular formula is C14H20N2O4. The van der Waals surface area contributed by atoms with Crippen LogP contribution in [0.15, 0.2) is 16.5 Å². The maximum atomic E-state index is 12.0. The first-order valence-corrected chi connectivity index (χ1v) is 6.73. The van der Waals surface area contributed by atoms with Crippen LogP contribution in [-0.2, 0) is 16.1 Å². The smallest absolute Gasteiger partial charge is 0.320 e. The first-order chi connectivity index (χ1) is 9.47. The Labute approximate surface area is 117 Å². The van der Waals surface area contributed by atoms with E-state index in [9.17, 15) is 9.59 Å². The van der Waals surface area contributed by atoms with Gasteiger partial charge in [-0.3, -0.25) is 14.9 Å². The molecule has 1 aliphatic carbocycles. The number of furan rings is 1. The van der Waals surface area contributed by atoms with Gasteiger partial charge in [0, 0.05) is 7.05 Å². The van der Waals surface area contributed by atoms with Crippen molar-refractivity contribution in [3.63, 3.8) is 0 Å². The fraction of sp³-hybridized carbons (Fsp3) is 0.571. The summed E-state index contributed by atoms with van der Waals surface area (Å²) in [6, 6.07) is 3.06. The maximum absolute atomic E-state index is 12.0. The van der Waals surface area contributed by atoms with Gasteiger partial charge in [-0.1, -0.05) is 0 Å². The molecule has 1 saturated carbocycles. The van der Waals surface area contributed by atoms with Crippen molar-refractivity contribution in [2.75, 3.05) is 13.6 Å². The van der Waals surface area contributed by atoms with Crippen molar-refractivity contribution >= 4 is 11.9 Å². The van der Waals surface area contributed by atoms with Gasteiger partial charge >= 0.3 is 5.97 Å². The van der Waals surface area contributed by atoms with Gasteiger partial charge in [-0.25, -0.2) is 0 Å². The number of nitrogens with zero attached hydrogens (tertiary/aromatic N) is 1. The van der Waals surface area contributed by atoms with E-state index in [1.807, 2.05) is 19.1 Å². The van der Waals surface area contributed by atoms with Crippen LogP contribution in [0.1, 0.15) is 24.4 Å². The molecule has 6 nitrogen and oxygen atoms in total. The minimum Gasteiger partial charge on any atom is -0.480 e. The summed E-state index contributed by atoms with van der Waals surface area (Å²) < 4.78 is 5.41. The number of carbonyl (C=O) groups excluding carboxylic acids is 1. The minimum atomic E-state index is -0.885. The lowest BCUT2D eigenvalue weighted by atomic mass is 10.2. The number of likely N-dealkylation sites (N-methyl/N-ethyl adjacent to an activating group) is 1. The molecule has 1 amide bonds. The lowest BCUT2D eigenvalue weighted by Gasteiger charge is -2.18. The highest BCUT2D eigenvalue weighted by Gasteiger charge is 2.36. The van der Waals surface area contributed by atoms with Crippen LogP contribution in [0.25, 0.3) is 0 Å². The lowest BCUT2D eigenvalue weighted by molar-refractivity contribution is -0.140. The third-order valence-corrected chi connectivity index (χ3v) is 3.45. The van der Waals surface area contributed by atoms with Crippen molar-refractivity contribution in [3.05, 3.63) is 23.7 Å². The highest BCUT2D eigenvalue weighted by atomic mass is 16.4. The van der Waals surface area contributed by atoms with E-state index in [1.165, 1.54) is 4.90 Å². The molecule has 110 valence electrons. The van der Waals surface area contributed by atoms with Crippen molar-refractivity contribution in [1.82, 2.24) is 10.2 Å². The van der Waals surface area contributed by atoms with E-state index in [1.54, 1.807) is 7.05 Å². The van der Waals surface area contributed by atoms with Crippen molar-refractivity contribution in [1.29, 1.82) is 0 Å². The molecule has 20 heavy (non-hydrogen) atoms. The highest BCUT2D eigenvalue weighted by Crippen LogP contribution is 2.32. The van der Waals surface area contributed by atoms with Crippen LogP contribution in [0.2, 0.25) is 0 Å². The fourth-order valence-electron chi connectivity index (χ4n) is 2.11. The molecule has 0 radical (unpaired) electrons. The molecule has 0 spiro atoms. The number of carboxylic acid groups (broad SMARTS) is 1. The summed E-state index contributed by atoms with van der Waals surface area (Å²) in [5.41, 5.74) is 0. The zero-order valence-corrected chi connectivity index (χ0v) is 11.8. The molecule has 1 aromatic rings. The van der Waals surface area contributed by atoms with Crippen LogP contribution in [0, 0.1) is 12.8 Å². The maximum Gasteiger partial charge on any atom is 0.320 e. The van der Waals surface area contributed by atoms with Gasteiger partial charge in [0.1, 0.15) is 17.6 Å². The summed E-state index contributed by atoms with van der Waals surface area (Å²) in [5, 5.41) is 11.9. The molecule has 0 saturated heterocycles. The second-order valence-corrected chi connectivity index (χ2v) is 5.30. The third-order valence-electron chi connectivity index (χ3n) is 3.45. The molecule has 0 aromatic carbocycles. The van der Waals surface area contributed by atoms with E-state index in [0.717, 1.165) is 24.4 Å². The number of nitrogens with one attached hydrogen (secondary N) is 1. The Balaban J connectivity index is 1.80. The average molecular weight is 280 g/mol. The number of aliphatic carboxylic acids is 1. The Morgan fingerprint density at radius 1 is 1.50 bits per heavy atom. The van der Waals surface area contributed by atoms with Gasteiger partial charge in [-0.2, -0.15) is 0 Å².